The molecular weight excluding hydrogens is 480 g/mol. The van der Waals surface area contributed by atoms with E-state index in [0.29, 0.717) is 0 Å². The molecule has 0 spiro atoms. The monoisotopic (exact) mass is 508 g/mol. The standard InChI is InChI=1S/C26H28N4O5S/c27-24(33)20(13-16-8-10-18(11-9-16)17-5-2-1-3-6-17)30-26(35)21(14-19-7-4-12-36-19)29-23(32)15-22(31)25(28)34/h1-12,20-22,31H,13-15H2,(H2,27,33)(H2,28,34)(H,29,32)(H,30,35)/t20-,21?,22-/m1/s1. The second kappa shape index (κ2) is 12.6. The van der Waals surface area contributed by atoms with E-state index < -0.39 is 48.2 Å². The van der Waals surface area contributed by atoms with E-state index in [9.17, 15) is 24.3 Å². The molecule has 3 aromatic rings. The van der Waals surface area contributed by atoms with Gasteiger partial charge in [0.2, 0.25) is 23.6 Å². The van der Waals surface area contributed by atoms with Crippen molar-refractivity contribution < 1.29 is 24.3 Å². The summed E-state index contributed by atoms with van der Waals surface area (Å²) in [6.45, 7) is 0. The van der Waals surface area contributed by atoms with Crippen molar-refractivity contribution in [1.29, 1.82) is 0 Å². The maximum Gasteiger partial charge on any atom is 0.246 e. The third-order valence-corrected chi connectivity index (χ3v) is 6.40. The number of rotatable bonds is 12. The first-order chi connectivity index (χ1) is 17.2. The van der Waals surface area contributed by atoms with Gasteiger partial charge in [-0.1, -0.05) is 60.7 Å². The lowest BCUT2D eigenvalue weighted by molar-refractivity contribution is -0.134. The van der Waals surface area contributed by atoms with Crippen LogP contribution in [0.1, 0.15) is 16.9 Å². The highest BCUT2D eigenvalue weighted by Crippen LogP contribution is 2.20. The number of nitrogens with two attached hydrogens (primary N) is 2. The number of benzene rings is 2. The fourth-order valence-electron chi connectivity index (χ4n) is 3.56. The van der Waals surface area contributed by atoms with Gasteiger partial charge in [-0.25, -0.2) is 0 Å². The van der Waals surface area contributed by atoms with Crippen LogP contribution in [0.4, 0.5) is 0 Å². The summed E-state index contributed by atoms with van der Waals surface area (Å²) in [4.78, 5) is 49.4. The van der Waals surface area contributed by atoms with Crippen LogP contribution in [-0.2, 0) is 32.0 Å². The first-order valence-electron chi connectivity index (χ1n) is 11.3. The predicted octanol–water partition coefficient (Wildman–Crippen LogP) is 0.892. The highest BCUT2D eigenvalue weighted by molar-refractivity contribution is 7.09. The Hall–Kier alpha value is -4.02. The van der Waals surface area contributed by atoms with Gasteiger partial charge in [-0.2, -0.15) is 0 Å². The van der Waals surface area contributed by atoms with Crippen LogP contribution in [0.3, 0.4) is 0 Å². The van der Waals surface area contributed by atoms with Gasteiger partial charge < -0.3 is 27.2 Å². The molecule has 1 unspecified atom stereocenters. The number of thiophene rings is 1. The fraction of sp³-hybridized carbons (Fsp3) is 0.231. The molecule has 7 N–H and O–H groups in total. The van der Waals surface area contributed by atoms with Crippen molar-refractivity contribution in [1.82, 2.24) is 10.6 Å². The summed E-state index contributed by atoms with van der Waals surface area (Å²) in [7, 11) is 0. The second-order valence-electron chi connectivity index (χ2n) is 8.26. The van der Waals surface area contributed by atoms with Crippen molar-refractivity contribution in [3.63, 3.8) is 0 Å². The summed E-state index contributed by atoms with van der Waals surface area (Å²) in [5.41, 5.74) is 13.4. The van der Waals surface area contributed by atoms with E-state index in [0.717, 1.165) is 21.6 Å². The summed E-state index contributed by atoms with van der Waals surface area (Å²) >= 11 is 1.40. The van der Waals surface area contributed by atoms with Gasteiger partial charge in [-0.05, 0) is 28.1 Å². The Kier molecular flexibility index (Phi) is 9.32. The molecule has 10 heteroatoms. The molecule has 3 rings (SSSR count). The van der Waals surface area contributed by atoms with Gasteiger partial charge in [-0.3, -0.25) is 19.2 Å². The number of nitrogens with one attached hydrogen (secondary N) is 2. The number of hydrogen-bond donors (Lipinski definition) is 5. The number of carbonyl (C=O) groups is 4. The Bertz CT molecular complexity index is 1180. The number of hydrogen-bond acceptors (Lipinski definition) is 6. The molecule has 0 aliphatic heterocycles. The van der Waals surface area contributed by atoms with Crippen LogP contribution >= 0.6 is 11.3 Å². The molecule has 1 heterocycles. The molecule has 0 fully saturated rings. The Morgan fingerprint density at radius 1 is 0.778 bits per heavy atom. The lowest BCUT2D eigenvalue weighted by atomic mass is 10.00. The van der Waals surface area contributed by atoms with Gasteiger partial charge in [0.05, 0.1) is 6.42 Å². The largest absolute Gasteiger partial charge is 0.383 e. The maximum absolute atomic E-state index is 13.1. The Morgan fingerprint density at radius 2 is 1.44 bits per heavy atom. The maximum atomic E-state index is 13.1. The zero-order chi connectivity index (χ0) is 26.1. The molecule has 9 nitrogen and oxygen atoms in total. The highest BCUT2D eigenvalue weighted by Gasteiger charge is 2.27. The minimum atomic E-state index is -1.67. The molecule has 0 aliphatic carbocycles. The number of aliphatic hydroxyl groups is 1. The fourth-order valence-corrected chi connectivity index (χ4v) is 4.32. The normalized spacial score (nSPS) is 13.2. The Labute approximate surface area is 212 Å². The van der Waals surface area contributed by atoms with Gasteiger partial charge >= 0.3 is 0 Å². The van der Waals surface area contributed by atoms with Crippen LogP contribution in [0.25, 0.3) is 11.1 Å². The van der Waals surface area contributed by atoms with Crippen LogP contribution < -0.4 is 22.1 Å². The smallest absolute Gasteiger partial charge is 0.246 e. The van der Waals surface area contributed by atoms with Crippen molar-refractivity contribution in [3.05, 3.63) is 82.6 Å². The van der Waals surface area contributed by atoms with E-state index in [2.05, 4.69) is 10.6 Å². The molecule has 0 bridgehead atoms. The molecule has 0 aliphatic rings. The van der Waals surface area contributed by atoms with Crippen LogP contribution in [-0.4, -0.2) is 46.9 Å². The molecule has 1 aromatic heterocycles. The second-order valence-corrected chi connectivity index (χ2v) is 9.29. The van der Waals surface area contributed by atoms with Gasteiger partial charge in [0, 0.05) is 17.7 Å². The van der Waals surface area contributed by atoms with Crippen LogP contribution in [0.5, 0.6) is 0 Å². The van der Waals surface area contributed by atoms with Crippen molar-refractivity contribution in [2.75, 3.05) is 0 Å². The first kappa shape index (κ1) is 26.6. The van der Waals surface area contributed by atoms with E-state index in [1.807, 2.05) is 60.0 Å². The molecule has 36 heavy (non-hydrogen) atoms. The Morgan fingerprint density at radius 3 is 2.03 bits per heavy atom. The predicted molar refractivity (Wildman–Crippen MR) is 136 cm³/mol. The number of carbonyl (C=O) groups excluding carboxylic acids is 4. The zero-order valence-corrected chi connectivity index (χ0v) is 20.2. The molecular formula is C26H28N4O5S. The first-order valence-corrected chi connectivity index (χ1v) is 12.1. The SMILES string of the molecule is NC(=O)[C@H](O)CC(=O)NC(Cc1cccs1)C(=O)N[C@H](Cc1ccc(-c2ccccc2)cc1)C(N)=O. The average molecular weight is 509 g/mol. The molecule has 0 saturated carbocycles. The number of primary amides is 2. The van der Waals surface area contributed by atoms with E-state index in [1.165, 1.54) is 11.3 Å². The average Bonchev–Trinajstić information content (AvgIpc) is 3.37. The van der Waals surface area contributed by atoms with Crippen molar-refractivity contribution >= 4 is 35.0 Å². The molecule has 0 saturated heterocycles. The summed E-state index contributed by atoms with van der Waals surface area (Å²) in [5.74, 6) is -3.11. The van der Waals surface area contributed by atoms with Gasteiger partial charge in [-0.15, -0.1) is 11.3 Å². The van der Waals surface area contributed by atoms with Gasteiger partial charge in [0.15, 0.2) is 0 Å². The summed E-state index contributed by atoms with van der Waals surface area (Å²) in [5, 5.41) is 16.6. The third kappa shape index (κ3) is 7.76. The number of aliphatic hydroxyl groups excluding tert-OH is 1. The molecule has 3 atom stereocenters. The van der Waals surface area contributed by atoms with Crippen molar-refractivity contribution in [2.45, 2.75) is 37.5 Å². The third-order valence-electron chi connectivity index (χ3n) is 5.51. The zero-order valence-electron chi connectivity index (χ0n) is 19.4. The minimum absolute atomic E-state index is 0.152. The molecule has 0 radical (unpaired) electrons. The van der Waals surface area contributed by atoms with Gasteiger partial charge in [0.1, 0.15) is 18.2 Å². The van der Waals surface area contributed by atoms with Crippen LogP contribution in [0.2, 0.25) is 0 Å². The Balaban J connectivity index is 1.69. The van der Waals surface area contributed by atoms with E-state index in [-0.39, 0.29) is 12.8 Å². The quantitative estimate of drug-likeness (QED) is 0.245. The van der Waals surface area contributed by atoms with Crippen molar-refractivity contribution in [3.8, 4) is 11.1 Å². The highest BCUT2D eigenvalue weighted by atomic mass is 32.1. The molecule has 4 amide bonds. The van der Waals surface area contributed by atoms with E-state index in [1.54, 1.807) is 12.1 Å². The lowest BCUT2D eigenvalue weighted by Crippen LogP contribution is -2.54. The van der Waals surface area contributed by atoms with Crippen LogP contribution in [0, 0.1) is 0 Å². The summed E-state index contributed by atoms with van der Waals surface area (Å²) < 4.78 is 0. The van der Waals surface area contributed by atoms with Gasteiger partial charge in [0.25, 0.3) is 0 Å². The summed E-state index contributed by atoms with van der Waals surface area (Å²) in [6, 6.07) is 18.9. The topological polar surface area (TPSA) is 165 Å². The number of amides is 4. The summed E-state index contributed by atoms with van der Waals surface area (Å²) in [6.07, 6.45) is -1.95. The van der Waals surface area contributed by atoms with E-state index in [4.69, 9.17) is 11.5 Å². The van der Waals surface area contributed by atoms with Crippen molar-refractivity contribution in [2.24, 2.45) is 11.5 Å². The lowest BCUT2D eigenvalue weighted by Gasteiger charge is -2.22. The molecule has 188 valence electrons. The van der Waals surface area contributed by atoms with Crippen LogP contribution in [0.15, 0.2) is 72.1 Å². The molecule has 2 aromatic carbocycles. The van der Waals surface area contributed by atoms with E-state index >= 15 is 0 Å². The minimum Gasteiger partial charge on any atom is -0.383 e.